The summed E-state index contributed by atoms with van der Waals surface area (Å²) >= 11 is 0. The van der Waals surface area contributed by atoms with E-state index in [-0.39, 0.29) is 11.9 Å². The number of piperidine rings is 1. The van der Waals surface area contributed by atoms with Crippen LogP contribution in [-0.2, 0) is 0 Å². The van der Waals surface area contributed by atoms with E-state index in [0.717, 1.165) is 19.4 Å². The summed E-state index contributed by atoms with van der Waals surface area (Å²) in [4.78, 5) is 17.5. The number of pyridine rings is 1. The fourth-order valence-corrected chi connectivity index (χ4v) is 2.27. The second-order valence-electron chi connectivity index (χ2n) is 4.86. The van der Waals surface area contributed by atoms with Crippen LogP contribution in [-0.4, -0.2) is 28.4 Å². The normalized spacial score (nSPS) is 24.8. The van der Waals surface area contributed by atoms with Crippen LogP contribution < -0.4 is 0 Å². The Hall–Kier alpha value is -1.45. The van der Waals surface area contributed by atoms with Gasteiger partial charge in [-0.3, -0.25) is 4.79 Å². The van der Waals surface area contributed by atoms with Crippen molar-refractivity contribution in [3.63, 3.8) is 0 Å². The van der Waals surface area contributed by atoms with Gasteiger partial charge in [-0.2, -0.15) is 4.39 Å². The molecular formula is C13H17FN2O. The quantitative estimate of drug-likeness (QED) is 0.702. The van der Waals surface area contributed by atoms with Gasteiger partial charge in [0, 0.05) is 30.4 Å². The first-order valence-corrected chi connectivity index (χ1v) is 6.00. The van der Waals surface area contributed by atoms with E-state index in [1.165, 1.54) is 12.3 Å². The molecule has 0 N–H and O–H groups in total. The van der Waals surface area contributed by atoms with Crippen molar-refractivity contribution in [3.8, 4) is 0 Å². The van der Waals surface area contributed by atoms with Gasteiger partial charge < -0.3 is 4.90 Å². The van der Waals surface area contributed by atoms with Crippen LogP contribution in [0.2, 0.25) is 0 Å². The number of hydrogen-bond donors (Lipinski definition) is 0. The molecule has 2 heterocycles. The molecule has 1 amide bonds. The molecule has 2 atom stereocenters. The van der Waals surface area contributed by atoms with Crippen LogP contribution in [0.1, 0.15) is 37.0 Å². The Morgan fingerprint density at radius 1 is 1.47 bits per heavy atom. The van der Waals surface area contributed by atoms with Gasteiger partial charge in [-0.1, -0.05) is 6.92 Å². The van der Waals surface area contributed by atoms with E-state index in [1.54, 1.807) is 6.07 Å². The predicted octanol–water partition coefficient (Wildman–Crippen LogP) is 2.48. The minimum atomic E-state index is -0.603. The van der Waals surface area contributed by atoms with Crippen molar-refractivity contribution in [3.05, 3.63) is 29.8 Å². The van der Waals surface area contributed by atoms with E-state index in [4.69, 9.17) is 0 Å². The first-order valence-electron chi connectivity index (χ1n) is 6.00. The second kappa shape index (κ2) is 4.82. The zero-order valence-electron chi connectivity index (χ0n) is 10.2. The topological polar surface area (TPSA) is 33.2 Å². The SMILES string of the molecule is CC1CCC(C)N(C(=O)c2ccnc(F)c2)C1. The summed E-state index contributed by atoms with van der Waals surface area (Å²) in [6.45, 7) is 4.94. The molecule has 0 aromatic carbocycles. The molecular weight excluding hydrogens is 219 g/mol. The number of nitrogens with zero attached hydrogens (tertiary/aromatic N) is 2. The molecule has 4 heteroatoms. The highest BCUT2D eigenvalue weighted by molar-refractivity contribution is 5.94. The minimum absolute atomic E-state index is 0.0923. The number of hydrogen-bond acceptors (Lipinski definition) is 2. The lowest BCUT2D eigenvalue weighted by atomic mass is 9.94. The fraction of sp³-hybridized carbons (Fsp3) is 0.538. The number of halogens is 1. The lowest BCUT2D eigenvalue weighted by Crippen LogP contribution is -2.44. The van der Waals surface area contributed by atoms with Crippen molar-refractivity contribution >= 4 is 5.91 Å². The van der Waals surface area contributed by atoms with Crippen LogP contribution in [0.25, 0.3) is 0 Å². The van der Waals surface area contributed by atoms with Gasteiger partial charge in [-0.05, 0) is 31.7 Å². The zero-order chi connectivity index (χ0) is 12.4. The molecule has 3 nitrogen and oxygen atoms in total. The summed E-state index contributed by atoms with van der Waals surface area (Å²) in [5, 5.41) is 0. The van der Waals surface area contributed by atoms with Gasteiger partial charge in [0.1, 0.15) is 0 Å². The molecule has 1 saturated heterocycles. The lowest BCUT2D eigenvalue weighted by molar-refractivity contribution is 0.0573. The maximum atomic E-state index is 13.0. The molecule has 0 radical (unpaired) electrons. The molecule has 0 bridgehead atoms. The standard InChI is InChI=1S/C13H17FN2O/c1-9-3-4-10(2)16(8-9)13(17)11-5-6-15-12(14)7-11/h5-7,9-10H,3-4,8H2,1-2H3. The highest BCUT2D eigenvalue weighted by Crippen LogP contribution is 2.23. The monoisotopic (exact) mass is 236 g/mol. The van der Waals surface area contributed by atoms with Crippen molar-refractivity contribution in [2.45, 2.75) is 32.7 Å². The molecule has 0 aliphatic carbocycles. The molecule has 92 valence electrons. The summed E-state index contributed by atoms with van der Waals surface area (Å²) in [7, 11) is 0. The molecule has 0 saturated carbocycles. The predicted molar refractivity (Wildman–Crippen MR) is 63.1 cm³/mol. The number of amides is 1. The van der Waals surface area contributed by atoms with Crippen molar-refractivity contribution < 1.29 is 9.18 Å². The molecule has 1 aliphatic rings. The van der Waals surface area contributed by atoms with E-state index in [2.05, 4.69) is 11.9 Å². The molecule has 1 fully saturated rings. The van der Waals surface area contributed by atoms with Gasteiger partial charge in [0.25, 0.3) is 5.91 Å². The van der Waals surface area contributed by atoms with Crippen molar-refractivity contribution in [1.29, 1.82) is 0 Å². The molecule has 17 heavy (non-hydrogen) atoms. The highest BCUT2D eigenvalue weighted by Gasteiger charge is 2.27. The molecule has 0 spiro atoms. The van der Waals surface area contributed by atoms with Gasteiger partial charge in [-0.25, -0.2) is 4.98 Å². The third-order valence-corrected chi connectivity index (χ3v) is 3.35. The summed E-state index contributed by atoms with van der Waals surface area (Å²) in [6, 6.07) is 3.00. The largest absolute Gasteiger partial charge is 0.336 e. The fourth-order valence-electron chi connectivity index (χ4n) is 2.27. The summed E-state index contributed by atoms with van der Waals surface area (Å²) in [6.07, 6.45) is 3.50. The number of aromatic nitrogens is 1. The van der Waals surface area contributed by atoms with Crippen molar-refractivity contribution in [2.75, 3.05) is 6.54 Å². The molecule has 2 rings (SSSR count). The number of carbonyl (C=O) groups is 1. The van der Waals surface area contributed by atoms with Crippen LogP contribution in [0.5, 0.6) is 0 Å². The van der Waals surface area contributed by atoms with E-state index in [1.807, 2.05) is 11.8 Å². The van der Waals surface area contributed by atoms with E-state index >= 15 is 0 Å². The Morgan fingerprint density at radius 2 is 2.24 bits per heavy atom. The Labute approximate surface area is 101 Å². The molecule has 1 aromatic heterocycles. The van der Waals surface area contributed by atoms with Crippen LogP contribution in [0.4, 0.5) is 4.39 Å². The number of carbonyl (C=O) groups excluding carboxylic acids is 1. The first kappa shape index (κ1) is 12.0. The minimum Gasteiger partial charge on any atom is -0.336 e. The number of rotatable bonds is 1. The zero-order valence-corrected chi connectivity index (χ0v) is 10.2. The third-order valence-electron chi connectivity index (χ3n) is 3.35. The van der Waals surface area contributed by atoms with E-state index in [9.17, 15) is 9.18 Å². The summed E-state index contributed by atoms with van der Waals surface area (Å²) < 4.78 is 13.0. The smallest absolute Gasteiger partial charge is 0.254 e. The molecule has 2 unspecified atom stereocenters. The Morgan fingerprint density at radius 3 is 2.94 bits per heavy atom. The lowest BCUT2D eigenvalue weighted by Gasteiger charge is -2.36. The Kier molecular flexibility index (Phi) is 3.41. The summed E-state index contributed by atoms with van der Waals surface area (Å²) in [5.41, 5.74) is 0.387. The maximum absolute atomic E-state index is 13.0. The summed E-state index contributed by atoms with van der Waals surface area (Å²) in [5.74, 6) is -0.180. The van der Waals surface area contributed by atoms with Crippen molar-refractivity contribution in [1.82, 2.24) is 9.88 Å². The average molecular weight is 236 g/mol. The van der Waals surface area contributed by atoms with Crippen LogP contribution >= 0.6 is 0 Å². The highest BCUT2D eigenvalue weighted by atomic mass is 19.1. The van der Waals surface area contributed by atoms with E-state index < -0.39 is 5.95 Å². The van der Waals surface area contributed by atoms with Crippen LogP contribution in [0.15, 0.2) is 18.3 Å². The van der Waals surface area contributed by atoms with Gasteiger partial charge in [0.2, 0.25) is 5.95 Å². The third kappa shape index (κ3) is 2.62. The Balaban J connectivity index is 2.18. The van der Waals surface area contributed by atoms with Gasteiger partial charge in [0.05, 0.1) is 0 Å². The first-order chi connectivity index (χ1) is 8.08. The molecule has 1 aliphatic heterocycles. The van der Waals surface area contributed by atoms with Crippen LogP contribution in [0.3, 0.4) is 0 Å². The van der Waals surface area contributed by atoms with Crippen molar-refractivity contribution in [2.24, 2.45) is 5.92 Å². The average Bonchev–Trinajstić information content (AvgIpc) is 2.31. The van der Waals surface area contributed by atoms with Gasteiger partial charge in [-0.15, -0.1) is 0 Å². The van der Waals surface area contributed by atoms with Gasteiger partial charge in [0.15, 0.2) is 0 Å². The molecule has 1 aromatic rings. The number of likely N-dealkylation sites (tertiary alicyclic amines) is 1. The maximum Gasteiger partial charge on any atom is 0.254 e. The Bertz CT molecular complexity index is 422. The second-order valence-corrected chi connectivity index (χ2v) is 4.86. The van der Waals surface area contributed by atoms with E-state index in [0.29, 0.717) is 11.5 Å². The van der Waals surface area contributed by atoms with Crippen LogP contribution in [0, 0.1) is 11.9 Å². The van der Waals surface area contributed by atoms with Gasteiger partial charge >= 0.3 is 0 Å².